The number of benzene rings is 2. The summed E-state index contributed by atoms with van der Waals surface area (Å²) in [4.78, 5) is 44.6. The van der Waals surface area contributed by atoms with Gasteiger partial charge in [-0.1, -0.05) is 35.4 Å². The average molecular weight is 436 g/mol. The third-order valence-corrected chi connectivity index (χ3v) is 7.74. The van der Waals surface area contributed by atoms with Gasteiger partial charge in [0, 0.05) is 22.3 Å². The van der Waals surface area contributed by atoms with Crippen molar-refractivity contribution in [1.29, 1.82) is 0 Å². The zero-order chi connectivity index (χ0) is 21.7. The van der Waals surface area contributed by atoms with E-state index in [1.807, 2.05) is 26.0 Å². The number of imide groups is 1. The first kappa shape index (κ1) is 19.0. The van der Waals surface area contributed by atoms with E-state index in [9.17, 15) is 14.4 Å². The van der Waals surface area contributed by atoms with Crippen molar-refractivity contribution in [3.8, 4) is 0 Å². The van der Waals surface area contributed by atoms with Crippen molar-refractivity contribution in [1.82, 2.24) is 4.90 Å². The Morgan fingerprint density at radius 2 is 1.90 bits per heavy atom. The van der Waals surface area contributed by atoms with Crippen molar-refractivity contribution in [2.45, 2.75) is 38.3 Å². The Balaban J connectivity index is 1.58. The molecule has 3 amide bonds. The number of nitrogens with one attached hydrogen (secondary N) is 1. The number of hydrogen-bond donors (Lipinski definition) is 1. The molecule has 0 aliphatic carbocycles. The summed E-state index contributed by atoms with van der Waals surface area (Å²) in [5.41, 5.74) is 2.96. The molecule has 2 aromatic carbocycles. The molecule has 2 aromatic rings. The van der Waals surface area contributed by atoms with Crippen LogP contribution in [0, 0.1) is 25.7 Å². The number of hydrogen-bond acceptors (Lipinski definition) is 4. The summed E-state index contributed by atoms with van der Waals surface area (Å²) in [6, 6.07) is 10.7. The molecule has 158 valence electrons. The largest absolute Gasteiger partial charge is 0.324 e. The van der Waals surface area contributed by atoms with Crippen molar-refractivity contribution in [2.24, 2.45) is 11.8 Å². The topological polar surface area (TPSA) is 69.7 Å². The molecule has 0 bridgehead atoms. The number of fused-ring (bicyclic) bond motifs is 7. The third-order valence-electron chi connectivity index (χ3n) is 7.51. The smallest absolute Gasteiger partial charge is 0.250 e. The summed E-state index contributed by atoms with van der Waals surface area (Å²) in [6.45, 7) is 4.67. The van der Waals surface area contributed by atoms with Gasteiger partial charge in [-0.25, -0.2) is 4.90 Å². The van der Waals surface area contributed by atoms with E-state index in [1.165, 1.54) is 4.90 Å². The van der Waals surface area contributed by atoms with E-state index in [1.54, 1.807) is 24.3 Å². The van der Waals surface area contributed by atoms with E-state index in [2.05, 4.69) is 10.2 Å². The van der Waals surface area contributed by atoms with Crippen LogP contribution in [0.4, 0.5) is 11.4 Å². The van der Waals surface area contributed by atoms with Crippen molar-refractivity contribution in [3.05, 3.63) is 58.1 Å². The van der Waals surface area contributed by atoms with Crippen LogP contribution in [0.1, 0.15) is 29.5 Å². The minimum Gasteiger partial charge on any atom is -0.324 e. The van der Waals surface area contributed by atoms with Gasteiger partial charge in [0.15, 0.2) is 0 Å². The zero-order valence-electron chi connectivity index (χ0n) is 17.3. The zero-order valence-corrected chi connectivity index (χ0v) is 18.1. The lowest BCUT2D eigenvalue weighted by atomic mass is 9.75. The van der Waals surface area contributed by atoms with E-state index in [0.29, 0.717) is 17.3 Å². The van der Waals surface area contributed by atoms with Crippen LogP contribution in [0.3, 0.4) is 0 Å². The Morgan fingerprint density at radius 1 is 1.10 bits per heavy atom. The van der Waals surface area contributed by atoms with E-state index >= 15 is 0 Å². The maximum absolute atomic E-state index is 13.9. The fourth-order valence-corrected chi connectivity index (χ4v) is 6.71. The van der Waals surface area contributed by atoms with Crippen LogP contribution in [-0.2, 0) is 19.9 Å². The van der Waals surface area contributed by atoms with Crippen LogP contribution in [0.5, 0.6) is 0 Å². The first-order chi connectivity index (χ1) is 14.9. The van der Waals surface area contributed by atoms with Gasteiger partial charge in [-0.3, -0.25) is 19.3 Å². The second kappa shape index (κ2) is 6.17. The molecule has 4 aliphatic rings. The van der Waals surface area contributed by atoms with Gasteiger partial charge in [0.05, 0.1) is 17.5 Å². The van der Waals surface area contributed by atoms with Crippen molar-refractivity contribution < 1.29 is 14.4 Å². The number of aryl methyl sites for hydroxylation is 2. The lowest BCUT2D eigenvalue weighted by Gasteiger charge is -2.36. The van der Waals surface area contributed by atoms with Crippen LogP contribution in [0.2, 0.25) is 5.02 Å². The van der Waals surface area contributed by atoms with Crippen molar-refractivity contribution in [3.63, 3.8) is 0 Å². The number of nitrogens with zero attached hydrogens (tertiary/aromatic N) is 2. The van der Waals surface area contributed by atoms with E-state index in [-0.39, 0.29) is 23.8 Å². The molecule has 1 N–H and O–H groups in total. The number of halogens is 1. The summed E-state index contributed by atoms with van der Waals surface area (Å²) in [5, 5.41) is 3.53. The highest BCUT2D eigenvalue weighted by Gasteiger charge is 2.74. The molecule has 0 unspecified atom stereocenters. The lowest BCUT2D eigenvalue weighted by Crippen LogP contribution is -2.54. The number of carbonyl (C=O) groups is 3. The van der Waals surface area contributed by atoms with Gasteiger partial charge >= 0.3 is 0 Å². The fraction of sp³-hybridized carbons (Fsp3) is 0.375. The SMILES string of the molecule is Cc1cc(C)c2c(c1)[C@]1(C(=O)N2)[C@@H]2C(=O)N(c3cccc(Cl)c3)C(=O)[C@@H]2[C@H]2CCCN21. The van der Waals surface area contributed by atoms with Crippen molar-refractivity contribution >= 4 is 40.7 Å². The molecule has 31 heavy (non-hydrogen) atoms. The summed E-state index contributed by atoms with van der Waals surface area (Å²) < 4.78 is 0. The summed E-state index contributed by atoms with van der Waals surface area (Å²) in [6.07, 6.45) is 1.71. The summed E-state index contributed by atoms with van der Waals surface area (Å²) in [7, 11) is 0. The monoisotopic (exact) mass is 435 g/mol. The quantitative estimate of drug-likeness (QED) is 0.697. The highest BCUT2D eigenvalue weighted by atomic mass is 35.5. The molecule has 1 spiro atoms. The van der Waals surface area contributed by atoms with Gasteiger partial charge < -0.3 is 5.32 Å². The fourth-order valence-electron chi connectivity index (χ4n) is 6.53. The first-order valence-electron chi connectivity index (χ1n) is 10.7. The molecule has 6 nitrogen and oxygen atoms in total. The average Bonchev–Trinajstić information content (AvgIpc) is 3.41. The molecule has 6 rings (SSSR count). The summed E-state index contributed by atoms with van der Waals surface area (Å²) in [5.74, 6) is -2.01. The van der Waals surface area contributed by atoms with Gasteiger partial charge in [0.2, 0.25) is 17.7 Å². The molecule has 3 fully saturated rings. The van der Waals surface area contributed by atoms with Gasteiger partial charge in [-0.05, 0) is 57.0 Å². The van der Waals surface area contributed by atoms with Crippen molar-refractivity contribution in [2.75, 3.05) is 16.8 Å². The second-order valence-corrected chi connectivity index (χ2v) is 9.56. The van der Waals surface area contributed by atoms with Gasteiger partial charge in [0.1, 0.15) is 5.54 Å². The Morgan fingerprint density at radius 3 is 2.68 bits per heavy atom. The number of carbonyl (C=O) groups excluding carboxylic acids is 3. The van der Waals surface area contributed by atoms with Crippen LogP contribution < -0.4 is 10.2 Å². The van der Waals surface area contributed by atoms with Gasteiger partial charge in [-0.15, -0.1) is 0 Å². The molecular weight excluding hydrogens is 414 g/mol. The maximum atomic E-state index is 13.9. The molecule has 0 radical (unpaired) electrons. The first-order valence-corrected chi connectivity index (χ1v) is 11.1. The minimum absolute atomic E-state index is 0.122. The minimum atomic E-state index is -1.14. The Bertz CT molecular complexity index is 1190. The van der Waals surface area contributed by atoms with E-state index < -0.39 is 17.4 Å². The number of anilines is 2. The van der Waals surface area contributed by atoms with Crippen LogP contribution in [0.15, 0.2) is 36.4 Å². The lowest BCUT2D eigenvalue weighted by molar-refractivity contribution is -0.135. The highest BCUT2D eigenvalue weighted by Crippen LogP contribution is 2.61. The van der Waals surface area contributed by atoms with Crippen LogP contribution in [-0.4, -0.2) is 35.2 Å². The molecular formula is C24H22ClN3O3. The van der Waals surface area contributed by atoms with E-state index in [4.69, 9.17) is 11.6 Å². The van der Waals surface area contributed by atoms with Gasteiger partial charge in [-0.2, -0.15) is 0 Å². The normalized spacial score (nSPS) is 31.4. The Hall–Kier alpha value is -2.70. The number of rotatable bonds is 1. The number of amides is 3. The second-order valence-electron chi connectivity index (χ2n) is 9.12. The Labute approximate surface area is 185 Å². The molecule has 3 saturated heterocycles. The Kier molecular flexibility index (Phi) is 3.79. The maximum Gasteiger partial charge on any atom is 0.250 e. The molecule has 7 heteroatoms. The van der Waals surface area contributed by atoms with Crippen LogP contribution >= 0.6 is 11.6 Å². The predicted octanol–water partition coefficient (Wildman–Crippen LogP) is 3.39. The molecule has 4 heterocycles. The third kappa shape index (κ3) is 2.19. The standard InChI is InChI=1S/C24H22ClN3O3/c1-12-9-13(2)20-16(10-12)24(23(31)26-20)19-18(17-7-4-8-27(17)24)21(29)28(22(19)30)15-6-3-5-14(25)11-15/h3,5-6,9-11,17-19H,4,7-8H2,1-2H3,(H,26,31)/t17-,18-,19+,24-/m1/s1. The van der Waals surface area contributed by atoms with Crippen LogP contribution in [0.25, 0.3) is 0 Å². The highest BCUT2D eigenvalue weighted by molar-refractivity contribution is 6.31. The molecule has 4 aliphatic heterocycles. The molecule has 4 atom stereocenters. The van der Waals surface area contributed by atoms with E-state index in [0.717, 1.165) is 35.2 Å². The molecule has 0 saturated carbocycles. The van der Waals surface area contributed by atoms with Gasteiger partial charge in [0.25, 0.3) is 0 Å². The summed E-state index contributed by atoms with van der Waals surface area (Å²) >= 11 is 6.15. The predicted molar refractivity (Wildman–Crippen MR) is 117 cm³/mol. The molecule has 0 aromatic heterocycles.